The second kappa shape index (κ2) is 10.1. The average Bonchev–Trinajstić information content (AvgIpc) is 2.66. The Morgan fingerprint density at radius 3 is 2.34 bits per heavy atom. The normalized spacial score (nSPS) is 12.2. The molecule has 0 spiro atoms. The summed E-state index contributed by atoms with van der Waals surface area (Å²) in [5.41, 5.74) is 0.722. The Morgan fingerprint density at radius 2 is 1.72 bits per heavy atom. The van der Waals surface area contributed by atoms with E-state index < -0.39 is 26.8 Å². The van der Waals surface area contributed by atoms with E-state index in [1.165, 1.54) is 24.3 Å². The second-order valence-electron chi connectivity index (χ2n) is 5.63. The number of nitro groups is 1. The van der Waals surface area contributed by atoms with Gasteiger partial charge in [0.1, 0.15) is 0 Å². The molecule has 0 fully saturated rings. The molecule has 2 aromatic rings. The number of non-ortho nitro benzene ring substituents is 1. The zero-order chi connectivity index (χ0) is 21.4. The third-order valence-electron chi connectivity index (χ3n) is 3.43. The minimum absolute atomic E-state index is 0.148. The standard InChI is InChI=1S/C18H15Cl3N4O4/c19-18(20,21)16(23-15(26)10-9-12-5-2-1-3-6-12)24-17(27)22-13-7-4-8-14(11-13)25(28)29/h1-11,16H,(H,23,26)(H2,22,24,27)/b10-9+. The molecular weight excluding hydrogens is 443 g/mol. The number of rotatable bonds is 6. The summed E-state index contributed by atoms with van der Waals surface area (Å²) in [5, 5.41) is 17.8. The van der Waals surface area contributed by atoms with Crippen molar-refractivity contribution in [3.63, 3.8) is 0 Å². The molecule has 0 radical (unpaired) electrons. The van der Waals surface area contributed by atoms with Gasteiger partial charge in [-0.2, -0.15) is 0 Å². The van der Waals surface area contributed by atoms with Gasteiger partial charge in [0.25, 0.3) is 5.69 Å². The number of nitrogens with one attached hydrogen (secondary N) is 3. The number of urea groups is 1. The van der Waals surface area contributed by atoms with Crippen LogP contribution in [0.15, 0.2) is 60.7 Å². The van der Waals surface area contributed by atoms with Crippen LogP contribution < -0.4 is 16.0 Å². The monoisotopic (exact) mass is 456 g/mol. The number of amides is 3. The Bertz CT molecular complexity index is 917. The van der Waals surface area contributed by atoms with Crippen molar-refractivity contribution in [2.45, 2.75) is 9.96 Å². The van der Waals surface area contributed by atoms with Crippen molar-refractivity contribution in [1.82, 2.24) is 10.6 Å². The van der Waals surface area contributed by atoms with Crippen LogP contribution in [0.2, 0.25) is 0 Å². The largest absolute Gasteiger partial charge is 0.329 e. The minimum Gasteiger partial charge on any atom is -0.329 e. The first-order chi connectivity index (χ1) is 13.6. The number of hydrogen-bond donors (Lipinski definition) is 3. The summed E-state index contributed by atoms with van der Waals surface area (Å²) in [6.45, 7) is 0. The molecule has 11 heteroatoms. The molecule has 1 unspecified atom stereocenters. The highest BCUT2D eigenvalue weighted by molar-refractivity contribution is 6.68. The predicted octanol–water partition coefficient (Wildman–Crippen LogP) is 4.24. The van der Waals surface area contributed by atoms with Gasteiger partial charge in [-0.3, -0.25) is 14.9 Å². The average molecular weight is 458 g/mol. The molecular formula is C18H15Cl3N4O4. The van der Waals surface area contributed by atoms with Crippen LogP contribution in [0.1, 0.15) is 5.56 Å². The molecule has 0 aliphatic heterocycles. The van der Waals surface area contributed by atoms with Gasteiger partial charge >= 0.3 is 6.03 Å². The number of halogens is 3. The summed E-state index contributed by atoms with van der Waals surface area (Å²) in [4.78, 5) is 34.5. The van der Waals surface area contributed by atoms with Gasteiger partial charge in [0.05, 0.1) is 4.92 Å². The van der Waals surface area contributed by atoms with E-state index >= 15 is 0 Å². The SMILES string of the molecule is O=C(/C=C/c1ccccc1)NC(NC(=O)Nc1cccc([N+](=O)[O-])c1)C(Cl)(Cl)Cl. The lowest BCUT2D eigenvalue weighted by molar-refractivity contribution is -0.384. The van der Waals surface area contributed by atoms with Gasteiger partial charge in [-0.1, -0.05) is 71.2 Å². The number of nitrogens with zero attached hydrogens (tertiary/aromatic N) is 1. The molecule has 0 aliphatic carbocycles. The van der Waals surface area contributed by atoms with E-state index in [1.807, 2.05) is 18.2 Å². The lowest BCUT2D eigenvalue weighted by Gasteiger charge is -2.26. The van der Waals surface area contributed by atoms with Gasteiger partial charge in [0.15, 0.2) is 6.17 Å². The molecule has 152 valence electrons. The van der Waals surface area contributed by atoms with Gasteiger partial charge in [0, 0.05) is 23.9 Å². The Morgan fingerprint density at radius 1 is 1.03 bits per heavy atom. The van der Waals surface area contributed by atoms with E-state index in [9.17, 15) is 19.7 Å². The minimum atomic E-state index is -2.06. The molecule has 3 amide bonds. The number of hydrogen-bond acceptors (Lipinski definition) is 4. The van der Waals surface area contributed by atoms with Crippen molar-refractivity contribution in [1.29, 1.82) is 0 Å². The van der Waals surface area contributed by atoms with Crippen LogP contribution in [0.5, 0.6) is 0 Å². The van der Waals surface area contributed by atoms with Gasteiger partial charge < -0.3 is 16.0 Å². The van der Waals surface area contributed by atoms with E-state index in [2.05, 4.69) is 16.0 Å². The second-order valence-corrected chi connectivity index (χ2v) is 8.00. The summed E-state index contributed by atoms with van der Waals surface area (Å²) >= 11 is 17.5. The van der Waals surface area contributed by atoms with Crippen LogP contribution in [0.4, 0.5) is 16.2 Å². The fourth-order valence-electron chi connectivity index (χ4n) is 2.12. The Balaban J connectivity index is 2.02. The van der Waals surface area contributed by atoms with Gasteiger partial charge in [-0.25, -0.2) is 4.79 Å². The van der Waals surface area contributed by atoms with E-state index in [0.29, 0.717) is 0 Å². The lowest BCUT2D eigenvalue weighted by Crippen LogP contribution is -2.55. The van der Waals surface area contributed by atoms with Crippen molar-refractivity contribution in [3.05, 3.63) is 76.4 Å². The number of carbonyl (C=O) groups is 2. The summed E-state index contributed by atoms with van der Waals surface area (Å²) in [6, 6.07) is 13.5. The van der Waals surface area contributed by atoms with Crippen molar-refractivity contribution in [2.24, 2.45) is 0 Å². The van der Waals surface area contributed by atoms with Crippen LogP contribution in [0, 0.1) is 10.1 Å². The van der Waals surface area contributed by atoms with Crippen LogP contribution in [-0.4, -0.2) is 26.8 Å². The maximum atomic E-state index is 12.2. The van der Waals surface area contributed by atoms with Gasteiger partial charge in [-0.15, -0.1) is 0 Å². The molecule has 0 aliphatic rings. The summed E-state index contributed by atoms with van der Waals surface area (Å²) < 4.78 is -2.06. The molecule has 0 saturated heterocycles. The highest BCUT2D eigenvalue weighted by Crippen LogP contribution is 2.29. The lowest BCUT2D eigenvalue weighted by atomic mass is 10.2. The number of anilines is 1. The van der Waals surface area contributed by atoms with E-state index in [-0.39, 0.29) is 11.4 Å². The Hall–Kier alpha value is -2.81. The first-order valence-corrected chi connectivity index (χ1v) is 9.21. The Kier molecular flexibility index (Phi) is 7.83. The molecule has 1 atom stereocenters. The summed E-state index contributed by atoms with van der Waals surface area (Å²) in [5.74, 6) is -0.610. The number of nitro benzene ring substituents is 1. The molecule has 0 saturated carbocycles. The highest BCUT2D eigenvalue weighted by atomic mass is 35.6. The van der Waals surface area contributed by atoms with Gasteiger partial charge in [0.2, 0.25) is 9.70 Å². The predicted molar refractivity (Wildman–Crippen MR) is 113 cm³/mol. The maximum absolute atomic E-state index is 12.2. The quantitative estimate of drug-likeness (QED) is 0.198. The third-order valence-corrected chi connectivity index (χ3v) is 4.09. The highest BCUT2D eigenvalue weighted by Gasteiger charge is 2.35. The third kappa shape index (κ3) is 7.61. The molecule has 2 aromatic carbocycles. The fraction of sp³-hybridized carbons (Fsp3) is 0.111. The Labute approximate surface area is 181 Å². The zero-order valence-corrected chi connectivity index (χ0v) is 16.9. The fourth-order valence-corrected chi connectivity index (χ4v) is 2.45. The molecule has 2 rings (SSSR count). The molecule has 29 heavy (non-hydrogen) atoms. The maximum Gasteiger partial charge on any atom is 0.320 e. The summed E-state index contributed by atoms with van der Waals surface area (Å²) in [7, 11) is 0. The van der Waals surface area contributed by atoms with Crippen molar-refractivity contribution in [2.75, 3.05) is 5.32 Å². The van der Waals surface area contributed by atoms with Crippen molar-refractivity contribution < 1.29 is 14.5 Å². The van der Waals surface area contributed by atoms with Crippen molar-refractivity contribution in [3.8, 4) is 0 Å². The van der Waals surface area contributed by atoms with Crippen molar-refractivity contribution >= 4 is 64.2 Å². The van der Waals surface area contributed by atoms with Crippen LogP contribution in [0.25, 0.3) is 6.08 Å². The molecule has 0 aromatic heterocycles. The van der Waals surface area contributed by atoms with Crippen LogP contribution >= 0.6 is 34.8 Å². The number of carbonyl (C=O) groups excluding carboxylic acids is 2. The first kappa shape index (κ1) is 22.5. The summed E-state index contributed by atoms with van der Waals surface area (Å²) in [6.07, 6.45) is 1.39. The smallest absolute Gasteiger partial charge is 0.320 e. The van der Waals surface area contributed by atoms with Crippen LogP contribution in [-0.2, 0) is 4.79 Å². The first-order valence-electron chi connectivity index (χ1n) is 8.07. The molecule has 0 heterocycles. The molecule has 8 nitrogen and oxygen atoms in total. The van der Waals surface area contributed by atoms with Crippen LogP contribution in [0.3, 0.4) is 0 Å². The topological polar surface area (TPSA) is 113 Å². The number of benzene rings is 2. The zero-order valence-electron chi connectivity index (χ0n) is 14.6. The molecule has 0 bridgehead atoms. The number of alkyl halides is 3. The van der Waals surface area contributed by atoms with E-state index in [0.717, 1.165) is 11.6 Å². The van der Waals surface area contributed by atoms with Gasteiger partial charge in [-0.05, 0) is 17.7 Å². The van der Waals surface area contributed by atoms with E-state index in [4.69, 9.17) is 34.8 Å². The molecule has 3 N–H and O–H groups in total. The van der Waals surface area contributed by atoms with E-state index in [1.54, 1.807) is 18.2 Å².